The van der Waals surface area contributed by atoms with E-state index in [0.29, 0.717) is 16.6 Å². The van der Waals surface area contributed by atoms with Crippen molar-refractivity contribution in [2.24, 2.45) is 5.10 Å². The summed E-state index contributed by atoms with van der Waals surface area (Å²) in [7, 11) is 4.50. The third kappa shape index (κ3) is 5.65. The number of rotatable bonds is 6. The molecular weight excluding hydrogens is 294 g/mol. The van der Waals surface area contributed by atoms with E-state index in [0.717, 1.165) is 5.56 Å². The molecule has 0 radical (unpaired) electrons. The second kappa shape index (κ2) is 8.75. The van der Waals surface area contributed by atoms with Gasteiger partial charge in [0.05, 0.1) is 20.4 Å². The average Bonchev–Trinajstić information content (AvgIpc) is 2.52. The summed E-state index contributed by atoms with van der Waals surface area (Å²) in [6, 6.07) is 5.17. The summed E-state index contributed by atoms with van der Waals surface area (Å²) in [5.74, 6) is 0.463. The minimum atomic E-state index is -0.465. The molecule has 0 atom stereocenters. The lowest BCUT2D eigenvalue weighted by molar-refractivity contribution is -0.142. The van der Waals surface area contributed by atoms with Crippen LogP contribution in [0.1, 0.15) is 5.56 Å². The van der Waals surface area contributed by atoms with E-state index in [1.54, 1.807) is 31.5 Å². The van der Waals surface area contributed by atoms with Gasteiger partial charge in [-0.25, -0.2) is 4.79 Å². The third-order valence-corrected chi connectivity index (χ3v) is 2.66. The number of ether oxygens (including phenoxy) is 3. The van der Waals surface area contributed by atoms with Crippen molar-refractivity contribution >= 4 is 29.5 Å². The topological polar surface area (TPSA) is 81.2 Å². The molecule has 0 aliphatic heterocycles. The highest BCUT2D eigenvalue weighted by molar-refractivity contribution is 7.80. The Labute approximate surface area is 128 Å². The normalized spacial score (nSPS) is 10.0. The maximum Gasteiger partial charge on any atom is 0.343 e. The van der Waals surface area contributed by atoms with Crippen LogP contribution in [0.25, 0.3) is 0 Å². The highest BCUT2D eigenvalue weighted by Gasteiger charge is 2.08. The number of carbonyl (C=O) groups is 1. The number of nitrogens with one attached hydrogen (secondary N) is 2. The lowest BCUT2D eigenvalue weighted by atomic mass is 10.2. The Kier molecular flexibility index (Phi) is 6.96. The number of methoxy groups -OCH3 is 2. The van der Waals surface area contributed by atoms with Crippen molar-refractivity contribution in [1.82, 2.24) is 10.7 Å². The number of nitrogens with zero attached hydrogens (tertiary/aromatic N) is 1. The van der Waals surface area contributed by atoms with Gasteiger partial charge in [-0.15, -0.1) is 0 Å². The SMILES string of the molecule is CNC(=S)N/N=C\c1ccc(OCC(=O)OC)c(OC)c1. The van der Waals surface area contributed by atoms with Crippen LogP contribution >= 0.6 is 12.2 Å². The molecule has 7 nitrogen and oxygen atoms in total. The summed E-state index contributed by atoms with van der Waals surface area (Å²) in [5.41, 5.74) is 3.42. The van der Waals surface area contributed by atoms with Gasteiger partial charge >= 0.3 is 5.97 Å². The summed E-state index contributed by atoms with van der Waals surface area (Å²) >= 11 is 4.89. The molecule has 21 heavy (non-hydrogen) atoms. The number of thiocarbonyl (C=S) groups is 1. The van der Waals surface area contributed by atoms with Crippen molar-refractivity contribution in [2.45, 2.75) is 0 Å². The second-order valence-corrected chi connectivity index (χ2v) is 4.13. The van der Waals surface area contributed by atoms with Crippen LogP contribution in [0.3, 0.4) is 0 Å². The number of esters is 1. The Morgan fingerprint density at radius 2 is 2.14 bits per heavy atom. The zero-order valence-electron chi connectivity index (χ0n) is 12.0. The van der Waals surface area contributed by atoms with E-state index in [1.165, 1.54) is 14.2 Å². The molecule has 0 aliphatic rings. The molecule has 0 aliphatic carbocycles. The number of hydrazone groups is 1. The van der Waals surface area contributed by atoms with Gasteiger partial charge in [-0.1, -0.05) is 0 Å². The monoisotopic (exact) mass is 311 g/mol. The lowest BCUT2D eigenvalue weighted by Crippen LogP contribution is -2.28. The molecule has 1 aromatic carbocycles. The first-order chi connectivity index (χ1) is 10.1. The van der Waals surface area contributed by atoms with E-state index >= 15 is 0 Å². The first-order valence-electron chi connectivity index (χ1n) is 5.99. The van der Waals surface area contributed by atoms with Crippen LogP contribution in [-0.2, 0) is 9.53 Å². The molecule has 0 unspecified atom stereocenters. The average molecular weight is 311 g/mol. The molecule has 0 saturated heterocycles. The Balaban J connectivity index is 2.73. The molecule has 0 saturated carbocycles. The Bertz CT molecular complexity index is 534. The molecule has 114 valence electrons. The predicted octanol–water partition coefficient (Wildman–Crippen LogP) is 0.675. The van der Waals surface area contributed by atoms with Gasteiger partial charge in [-0.3, -0.25) is 5.43 Å². The predicted molar refractivity (Wildman–Crippen MR) is 82.9 cm³/mol. The van der Waals surface area contributed by atoms with Crippen LogP contribution in [-0.4, -0.2) is 45.2 Å². The van der Waals surface area contributed by atoms with E-state index in [9.17, 15) is 4.79 Å². The van der Waals surface area contributed by atoms with Gasteiger partial charge in [0, 0.05) is 7.05 Å². The Hall–Kier alpha value is -2.35. The quantitative estimate of drug-likeness (QED) is 0.346. The first kappa shape index (κ1) is 16.7. The molecule has 0 fully saturated rings. The third-order valence-electron chi connectivity index (χ3n) is 2.37. The fraction of sp³-hybridized carbons (Fsp3) is 0.308. The summed E-state index contributed by atoms with van der Waals surface area (Å²) in [6.45, 7) is -0.182. The van der Waals surface area contributed by atoms with Gasteiger partial charge in [0.2, 0.25) is 0 Å². The summed E-state index contributed by atoms with van der Waals surface area (Å²) in [4.78, 5) is 11.0. The van der Waals surface area contributed by atoms with Crippen LogP contribution in [0, 0.1) is 0 Å². The number of hydrogen-bond donors (Lipinski definition) is 2. The molecule has 0 amide bonds. The zero-order chi connectivity index (χ0) is 15.7. The van der Waals surface area contributed by atoms with E-state index in [1.807, 2.05) is 0 Å². The van der Waals surface area contributed by atoms with Gasteiger partial charge < -0.3 is 19.5 Å². The van der Waals surface area contributed by atoms with E-state index in [-0.39, 0.29) is 6.61 Å². The van der Waals surface area contributed by atoms with Crippen LogP contribution in [0.5, 0.6) is 11.5 Å². The zero-order valence-corrected chi connectivity index (χ0v) is 12.8. The van der Waals surface area contributed by atoms with Crippen molar-refractivity contribution in [3.05, 3.63) is 23.8 Å². The summed E-state index contributed by atoms with van der Waals surface area (Å²) in [5, 5.41) is 7.10. The first-order valence-corrected chi connectivity index (χ1v) is 6.40. The lowest BCUT2D eigenvalue weighted by Gasteiger charge is -2.10. The van der Waals surface area contributed by atoms with Crippen molar-refractivity contribution in [2.75, 3.05) is 27.9 Å². The van der Waals surface area contributed by atoms with Crippen LogP contribution in [0.4, 0.5) is 0 Å². The number of carbonyl (C=O) groups excluding carboxylic acids is 1. The molecule has 8 heteroatoms. The maximum absolute atomic E-state index is 11.0. The van der Waals surface area contributed by atoms with Crippen molar-refractivity contribution in [3.8, 4) is 11.5 Å². The minimum Gasteiger partial charge on any atom is -0.493 e. The minimum absolute atomic E-state index is 0.182. The smallest absolute Gasteiger partial charge is 0.343 e. The molecule has 0 heterocycles. The number of hydrogen-bond acceptors (Lipinski definition) is 6. The second-order valence-electron chi connectivity index (χ2n) is 3.72. The fourth-order valence-electron chi connectivity index (χ4n) is 1.30. The van der Waals surface area contributed by atoms with E-state index < -0.39 is 5.97 Å². The fourth-order valence-corrected chi connectivity index (χ4v) is 1.35. The van der Waals surface area contributed by atoms with Crippen molar-refractivity contribution in [3.63, 3.8) is 0 Å². The molecule has 1 rings (SSSR count). The van der Waals surface area contributed by atoms with Crippen molar-refractivity contribution < 1.29 is 19.0 Å². The Morgan fingerprint density at radius 1 is 1.38 bits per heavy atom. The molecule has 0 spiro atoms. The van der Waals surface area contributed by atoms with Gasteiger partial charge in [0.15, 0.2) is 23.2 Å². The summed E-state index contributed by atoms with van der Waals surface area (Å²) in [6.07, 6.45) is 1.58. The van der Waals surface area contributed by atoms with Crippen molar-refractivity contribution in [1.29, 1.82) is 0 Å². The highest BCUT2D eigenvalue weighted by Crippen LogP contribution is 2.27. The standard InChI is InChI=1S/C13H17N3O4S/c1-14-13(21)16-15-7-9-4-5-10(11(6-9)18-2)20-8-12(17)19-3/h4-7H,8H2,1-3H3,(H2,14,16,21)/b15-7-. The Morgan fingerprint density at radius 3 is 2.76 bits per heavy atom. The van der Waals surface area contributed by atoms with Crippen LogP contribution in [0.2, 0.25) is 0 Å². The molecule has 0 bridgehead atoms. The van der Waals surface area contributed by atoms with E-state index in [4.69, 9.17) is 21.7 Å². The molecular formula is C13H17N3O4S. The number of benzene rings is 1. The molecule has 1 aromatic rings. The van der Waals surface area contributed by atoms with E-state index in [2.05, 4.69) is 20.6 Å². The highest BCUT2D eigenvalue weighted by atomic mass is 32.1. The largest absolute Gasteiger partial charge is 0.493 e. The molecule has 0 aromatic heterocycles. The maximum atomic E-state index is 11.0. The molecule has 2 N–H and O–H groups in total. The van der Waals surface area contributed by atoms with Crippen LogP contribution < -0.4 is 20.2 Å². The van der Waals surface area contributed by atoms with Gasteiger partial charge in [-0.2, -0.15) is 5.10 Å². The van der Waals surface area contributed by atoms with Gasteiger partial charge in [0.25, 0.3) is 0 Å². The summed E-state index contributed by atoms with van der Waals surface area (Å²) < 4.78 is 15.0. The van der Waals surface area contributed by atoms with Gasteiger partial charge in [-0.05, 0) is 36.0 Å². The van der Waals surface area contributed by atoms with Crippen LogP contribution in [0.15, 0.2) is 23.3 Å². The van der Waals surface area contributed by atoms with Gasteiger partial charge in [0.1, 0.15) is 0 Å².